The molecule has 0 fully saturated rings. The van der Waals surface area contributed by atoms with Gasteiger partial charge in [-0.25, -0.2) is 0 Å². The van der Waals surface area contributed by atoms with Crippen molar-refractivity contribution in [1.29, 1.82) is 0 Å². The van der Waals surface area contributed by atoms with Gasteiger partial charge in [-0.3, -0.25) is 4.79 Å². The van der Waals surface area contributed by atoms with Crippen molar-refractivity contribution < 1.29 is 9.90 Å². The van der Waals surface area contributed by atoms with E-state index in [0.29, 0.717) is 13.0 Å². The van der Waals surface area contributed by atoms with Crippen LogP contribution >= 0.6 is 0 Å². The maximum atomic E-state index is 12.3. The van der Waals surface area contributed by atoms with Crippen LogP contribution in [0, 0.1) is 0 Å². The molecule has 2 rings (SSSR count). The average Bonchev–Trinajstić information content (AvgIpc) is 2.57. The topological polar surface area (TPSA) is 49.3 Å². The van der Waals surface area contributed by atoms with Gasteiger partial charge in [-0.1, -0.05) is 67.6 Å². The van der Waals surface area contributed by atoms with Crippen LogP contribution in [0.2, 0.25) is 0 Å². The predicted octanol–water partition coefficient (Wildman–Crippen LogP) is 3.42. The summed E-state index contributed by atoms with van der Waals surface area (Å²) in [6.07, 6.45) is 0.733. The number of aliphatic hydroxyl groups excluding tert-OH is 1. The first-order chi connectivity index (χ1) is 10.7. The van der Waals surface area contributed by atoms with E-state index < -0.39 is 6.10 Å². The van der Waals surface area contributed by atoms with Crippen molar-refractivity contribution in [2.24, 2.45) is 0 Å². The maximum Gasteiger partial charge on any atom is 0.227 e. The number of amides is 1. The van der Waals surface area contributed by atoms with Crippen molar-refractivity contribution >= 4 is 5.91 Å². The Balaban J connectivity index is 1.84. The second-order valence-electron chi connectivity index (χ2n) is 5.38. The van der Waals surface area contributed by atoms with Gasteiger partial charge in [0.2, 0.25) is 5.91 Å². The van der Waals surface area contributed by atoms with Crippen LogP contribution in [0.15, 0.2) is 60.7 Å². The lowest BCUT2D eigenvalue weighted by Gasteiger charge is -2.16. The van der Waals surface area contributed by atoms with Gasteiger partial charge in [0, 0.05) is 6.54 Å². The molecular weight excluding hydrogens is 274 g/mol. The summed E-state index contributed by atoms with van der Waals surface area (Å²) in [5.74, 6) is -0.107. The van der Waals surface area contributed by atoms with Crippen LogP contribution in [0.4, 0.5) is 0 Å². The molecule has 0 aliphatic rings. The van der Waals surface area contributed by atoms with E-state index in [1.54, 1.807) is 0 Å². The molecule has 1 amide bonds. The second-order valence-corrected chi connectivity index (χ2v) is 5.38. The number of carbonyl (C=O) groups is 1. The molecule has 0 radical (unpaired) electrons. The Morgan fingerprint density at radius 1 is 1.00 bits per heavy atom. The van der Waals surface area contributed by atoms with E-state index in [1.807, 2.05) is 67.6 Å². The van der Waals surface area contributed by atoms with Crippen LogP contribution in [0.25, 0.3) is 0 Å². The van der Waals surface area contributed by atoms with E-state index in [-0.39, 0.29) is 11.8 Å². The highest BCUT2D eigenvalue weighted by Crippen LogP contribution is 2.20. The summed E-state index contributed by atoms with van der Waals surface area (Å²) < 4.78 is 0. The lowest BCUT2D eigenvalue weighted by atomic mass is 9.95. The smallest absolute Gasteiger partial charge is 0.227 e. The van der Waals surface area contributed by atoms with Gasteiger partial charge in [0.15, 0.2) is 0 Å². The zero-order valence-electron chi connectivity index (χ0n) is 12.9. The highest BCUT2D eigenvalue weighted by molar-refractivity contribution is 5.83. The van der Waals surface area contributed by atoms with Crippen molar-refractivity contribution in [1.82, 2.24) is 5.32 Å². The van der Waals surface area contributed by atoms with Gasteiger partial charge >= 0.3 is 0 Å². The Hall–Kier alpha value is -2.13. The fraction of sp³-hybridized carbons (Fsp3) is 0.316. The molecule has 3 nitrogen and oxygen atoms in total. The van der Waals surface area contributed by atoms with Crippen LogP contribution < -0.4 is 5.32 Å². The minimum atomic E-state index is -0.543. The Morgan fingerprint density at radius 3 is 2.09 bits per heavy atom. The number of benzene rings is 2. The summed E-state index contributed by atoms with van der Waals surface area (Å²) in [4.78, 5) is 12.3. The van der Waals surface area contributed by atoms with Crippen molar-refractivity contribution in [3.8, 4) is 0 Å². The summed E-state index contributed by atoms with van der Waals surface area (Å²) in [6, 6.07) is 19.3. The quantitative estimate of drug-likeness (QED) is 0.822. The Bertz CT molecular complexity index is 569. The van der Waals surface area contributed by atoms with Gasteiger partial charge in [0.25, 0.3) is 0 Å². The highest BCUT2D eigenvalue weighted by atomic mass is 16.3. The molecule has 2 N–H and O–H groups in total. The van der Waals surface area contributed by atoms with Crippen LogP contribution in [-0.2, 0) is 4.79 Å². The number of hydrogen-bond acceptors (Lipinski definition) is 2. The molecule has 0 saturated carbocycles. The van der Waals surface area contributed by atoms with E-state index >= 15 is 0 Å². The molecule has 0 aromatic heterocycles. The number of hydrogen-bond donors (Lipinski definition) is 2. The van der Waals surface area contributed by atoms with Gasteiger partial charge in [-0.05, 0) is 24.0 Å². The van der Waals surface area contributed by atoms with E-state index in [4.69, 9.17) is 0 Å². The third-order valence-corrected chi connectivity index (χ3v) is 3.83. The molecule has 0 heterocycles. The minimum Gasteiger partial charge on any atom is -0.388 e. The zero-order chi connectivity index (χ0) is 15.8. The van der Waals surface area contributed by atoms with E-state index in [2.05, 4.69) is 5.32 Å². The fourth-order valence-corrected chi connectivity index (χ4v) is 2.55. The number of rotatable bonds is 7. The summed E-state index contributed by atoms with van der Waals surface area (Å²) in [5.41, 5.74) is 1.91. The first kappa shape index (κ1) is 16.2. The lowest BCUT2D eigenvalue weighted by molar-refractivity contribution is -0.122. The molecule has 0 aliphatic carbocycles. The van der Waals surface area contributed by atoms with Crippen LogP contribution in [-0.4, -0.2) is 17.6 Å². The average molecular weight is 297 g/mol. The molecule has 3 heteroatoms. The third kappa shape index (κ3) is 4.43. The third-order valence-electron chi connectivity index (χ3n) is 3.83. The highest BCUT2D eigenvalue weighted by Gasteiger charge is 2.18. The van der Waals surface area contributed by atoms with Crippen LogP contribution in [0.1, 0.15) is 42.9 Å². The van der Waals surface area contributed by atoms with E-state index in [1.165, 1.54) is 0 Å². The summed E-state index contributed by atoms with van der Waals surface area (Å²) in [7, 11) is 0. The molecule has 2 aromatic carbocycles. The minimum absolute atomic E-state index is 0.0222. The second kappa shape index (κ2) is 8.35. The van der Waals surface area contributed by atoms with Crippen molar-refractivity contribution in [3.63, 3.8) is 0 Å². The number of nitrogens with one attached hydrogen (secondary N) is 1. The summed E-state index contributed by atoms with van der Waals surface area (Å²) in [5, 5.41) is 13.0. The van der Waals surface area contributed by atoms with Crippen molar-refractivity contribution in [3.05, 3.63) is 71.8 Å². The van der Waals surface area contributed by atoms with Crippen molar-refractivity contribution in [2.45, 2.75) is 31.8 Å². The van der Waals surface area contributed by atoms with Gasteiger partial charge in [-0.15, -0.1) is 0 Å². The van der Waals surface area contributed by atoms with Crippen LogP contribution in [0.3, 0.4) is 0 Å². The Morgan fingerprint density at radius 2 is 1.55 bits per heavy atom. The molecule has 0 bridgehead atoms. The predicted molar refractivity (Wildman–Crippen MR) is 88.5 cm³/mol. The number of aliphatic hydroxyl groups is 1. The molecular formula is C19H23NO2. The lowest BCUT2D eigenvalue weighted by Crippen LogP contribution is -2.30. The number of carbonyl (C=O) groups excluding carboxylic acids is 1. The first-order valence-electron chi connectivity index (χ1n) is 7.78. The monoisotopic (exact) mass is 297 g/mol. The normalized spacial score (nSPS) is 13.4. The zero-order valence-corrected chi connectivity index (χ0v) is 12.9. The molecule has 116 valence electrons. The molecule has 2 aromatic rings. The maximum absolute atomic E-state index is 12.3. The van der Waals surface area contributed by atoms with Gasteiger partial charge in [0.1, 0.15) is 0 Å². The van der Waals surface area contributed by atoms with E-state index in [9.17, 15) is 9.90 Å². The van der Waals surface area contributed by atoms with E-state index in [0.717, 1.165) is 17.5 Å². The van der Waals surface area contributed by atoms with Gasteiger partial charge in [0.05, 0.1) is 12.0 Å². The summed E-state index contributed by atoms with van der Waals surface area (Å²) in [6.45, 7) is 2.48. The molecule has 0 aliphatic heterocycles. The standard InChI is InChI=1S/C19H23NO2/c1-2-17(15-9-5-3-6-10-15)19(22)20-14-13-18(21)16-11-7-4-8-12-16/h3-12,17-18,21H,2,13-14H2,1H3,(H,20,22). The molecule has 2 unspecified atom stereocenters. The first-order valence-corrected chi connectivity index (χ1v) is 7.78. The molecule has 22 heavy (non-hydrogen) atoms. The largest absolute Gasteiger partial charge is 0.388 e. The Labute approximate surface area is 132 Å². The van der Waals surface area contributed by atoms with Crippen LogP contribution in [0.5, 0.6) is 0 Å². The van der Waals surface area contributed by atoms with Gasteiger partial charge < -0.3 is 10.4 Å². The van der Waals surface area contributed by atoms with Crippen molar-refractivity contribution in [2.75, 3.05) is 6.54 Å². The Kier molecular flexibility index (Phi) is 6.16. The summed E-state index contributed by atoms with van der Waals surface area (Å²) >= 11 is 0. The molecule has 0 saturated heterocycles. The SMILES string of the molecule is CCC(C(=O)NCCC(O)c1ccccc1)c1ccccc1. The molecule has 2 atom stereocenters. The molecule has 0 spiro atoms. The van der Waals surface area contributed by atoms with Gasteiger partial charge in [-0.2, -0.15) is 0 Å². The fourth-order valence-electron chi connectivity index (χ4n) is 2.55.